The lowest BCUT2D eigenvalue weighted by atomic mass is 10.2. The summed E-state index contributed by atoms with van der Waals surface area (Å²) in [6, 6.07) is 1.66. The molecule has 0 aliphatic carbocycles. The molecule has 0 fully saturated rings. The van der Waals surface area contributed by atoms with Gasteiger partial charge in [-0.15, -0.1) is 0 Å². The molecule has 0 radical (unpaired) electrons. The van der Waals surface area contributed by atoms with Crippen molar-refractivity contribution in [3.63, 3.8) is 0 Å². The van der Waals surface area contributed by atoms with Crippen LogP contribution in [0.5, 0.6) is 5.88 Å². The van der Waals surface area contributed by atoms with Crippen molar-refractivity contribution in [3.8, 4) is 5.88 Å². The SMILES string of the molecule is CC(C)Oc1ccnc(NCC(C)C(=O)O)n1. The first-order chi connectivity index (χ1) is 7.99. The van der Waals surface area contributed by atoms with Crippen LogP contribution in [0.3, 0.4) is 0 Å². The number of hydrogen-bond acceptors (Lipinski definition) is 5. The zero-order chi connectivity index (χ0) is 12.8. The highest BCUT2D eigenvalue weighted by Crippen LogP contribution is 2.10. The fourth-order valence-corrected chi connectivity index (χ4v) is 1.07. The lowest BCUT2D eigenvalue weighted by molar-refractivity contribution is -0.140. The number of aromatic nitrogens is 2. The molecule has 0 aliphatic rings. The standard InChI is InChI=1S/C11H17N3O3/c1-7(2)17-9-4-5-12-11(14-9)13-6-8(3)10(15)16/h4-5,7-8H,6H2,1-3H3,(H,15,16)(H,12,13,14). The highest BCUT2D eigenvalue weighted by molar-refractivity contribution is 5.70. The molecule has 2 N–H and O–H groups in total. The van der Waals surface area contributed by atoms with E-state index >= 15 is 0 Å². The van der Waals surface area contributed by atoms with Crippen LogP contribution in [0.15, 0.2) is 12.3 Å². The third-order valence-electron chi connectivity index (χ3n) is 1.97. The summed E-state index contributed by atoms with van der Waals surface area (Å²) in [7, 11) is 0. The Balaban J connectivity index is 2.56. The number of rotatable bonds is 6. The number of anilines is 1. The number of carbonyl (C=O) groups is 1. The average molecular weight is 239 g/mol. The number of ether oxygens (including phenoxy) is 1. The van der Waals surface area contributed by atoms with Crippen LogP contribution in [-0.2, 0) is 4.79 Å². The molecule has 1 heterocycles. The predicted molar refractivity (Wildman–Crippen MR) is 63.1 cm³/mol. The van der Waals surface area contributed by atoms with Crippen LogP contribution in [0.1, 0.15) is 20.8 Å². The van der Waals surface area contributed by atoms with Gasteiger partial charge in [0.25, 0.3) is 0 Å². The van der Waals surface area contributed by atoms with E-state index < -0.39 is 11.9 Å². The highest BCUT2D eigenvalue weighted by Gasteiger charge is 2.11. The van der Waals surface area contributed by atoms with Gasteiger partial charge in [-0.2, -0.15) is 4.98 Å². The summed E-state index contributed by atoms with van der Waals surface area (Å²) in [5, 5.41) is 11.6. The van der Waals surface area contributed by atoms with Crippen LogP contribution < -0.4 is 10.1 Å². The normalized spacial score (nSPS) is 12.2. The van der Waals surface area contributed by atoms with Crippen molar-refractivity contribution >= 4 is 11.9 Å². The van der Waals surface area contributed by atoms with Gasteiger partial charge in [0.15, 0.2) is 0 Å². The number of nitrogens with zero attached hydrogens (tertiary/aromatic N) is 2. The summed E-state index contributed by atoms with van der Waals surface area (Å²) < 4.78 is 5.40. The van der Waals surface area contributed by atoms with Crippen molar-refractivity contribution in [2.45, 2.75) is 26.9 Å². The third kappa shape index (κ3) is 4.67. The molecule has 94 valence electrons. The Morgan fingerprint density at radius 3 is 2.82 bits per heavy atom. The lowest BCUT2D eigenvalue weighted by Crippen LogP contribution is -2.20. The molecule has 1 aromatic heterocycles. The Bertz CT molecular complexity index is 382. The van der Waals surface area contributed by atoms with Gasteiger partial charge in [0.1, 0.15) is 0 Å². The summed E-state index contributed by atoms with van der Waals surface area (Å²) in [5.41, 5.74) is 0. The highest BCUT2D eigenvalue weighted by atomic mass is 16.5. The molecular weight excluding hydrogens is 222 g/mol. The number of nitrogens with one attached hydrogen (secondary N) is 1. The van der Waals surface area contributed by atoms with Crippen LogP contribution in [0.2, 0.25) is 0 Å². The fourth-order valence-electron chi connectivity index (χ4n) is 1.07. The van der Waals surface area contributed by atoms with Gasteiger partial charge in [-0.1, -0.05) is 6.92 Å². The monoisotopic (exact) mass is 239 g/mol. The molecule has 17 heavy (non-hydrogen) atoms. The van der Waals surface area contributed by atoms with Crippen LogP contribution in [-0.4, -0.2) is 33.7 Å². The second-order valence-corrected chi connectivity index (χ2v) is 4.01. The average Bonchev–Trinajstić information content (AvgIpc) is 2.25. The minimum absolute atomic E-state index is 0.0377. The smallest absolute Gasteiger partial charge is 0.308 e. The first-order valence-electron chi connectivity index (χ1n) is 5.45. The molecule has 0 saturated heterocycles. The molecule has 0 saturated carbocycles. The summed E-state index contributed by atoms with van der Waals surface area (Å²) in [6.07, 6.45) is 1.61. The Hall–Kier alpha value is -1.85. The van der Waals surface area contributed by atoms with E-state index in [0.29, 0.717) is 11.8 Å². The van der Waals surface area contributed by atoms with E-state index in [1.165, 1.54) is 0 Å². The topological polar surface area (TPSA) is 84.3 Å². The van der Waals surface area contributed by atoms with Crippen molar-refractivity contribution in [2.75, 3.05) is 11.9 Å². The van der Waals surface area contributed by atoms with Gasteiger partial charge < -0.3 is 15.2 Å². The van der Waals surface area contributed by atoms with E-state index in [0.717, 1.165) is 0 Å². The first kappa shape index (κ1) is 13.2. The molecule has 0 amide bonds. The first-order valence-corrected chi connectivity index (χ1v) is 5.45. The zero-order valence-corrected chi connectivity index (χ0v) is 10.2. The van der Waals surface area contributed by atoms with Crippen LogP contribution >= 0.6 is 0 Å². The van der Waals surface area contributed by atoms with E-state index in [1.54, 1.807) is 19.2 Å². The van der Waals surface area contributed by atoms with E-state index in [4.69, 9.17) is 9.84 Å². The summed E-state index contributed by atoms with van der Waals surface area (Å²) in [6.45, 7) is 5.70. The minimum atomic E-state index is -0.855. The molecule has 0 aromatic carbocycles. The molecule has 6 nitrogen and oxygen atoms in total. The zero-order valence-electron chi connectivity index (χ0n) is 10.2. The van der Waals surface area contributed by atoms with Crippen molar-refractivity contribution in [1.82, 2.24) is 9.97 Å². The lowest BCUT2D eigenvalue weighted by Gasteiger charge is -2.11. The van der Waals surface area contributed by atoms with Gasteiger partial charge in [-0.05, 0) is 13.8 Å². The summed E-state index contributed by atoms with van der Waals surface area (Å²) in [4.78, 5) is 18.7. The second-order valence-electron chi connectivity index (χ2n) is 4.01. The quantitative estimate of drug-likeness (QED) is 0.780. The predicted octanol–water partition coefficient (Wildman–Crippen LogP) is 1.40. The molecule has 0 aliphatic heterocycles. The second kappa shape index (κ2) is 6.03. The maximum Gasteiger partial charge on any atom is 0.308 e. The summed E-state index contributed by atoms with van der Waals surface area (Å²) in [5.74, 6) is -0.503. The number of carboxylic acid groups (broad SMARTS) is 1. The Morgan fingerprint density at radius 2 is 2.24 bits per heavy atom. The number of hydrogen-bond donors (Lipinski definition) is 2. The van der Waals surface area contributed by atoms with Crippen LogP contribution in [0.25, 0.3) is 0 Å². The van der Waals surface area contributed by atoms with E-state index in [2.05, 4.69) is 15.3 Å². The molecule has 0 bridgehead atoms. The van der Waals surface area contributed by atoms with E-state index in [1.807, 2.05) is 13.8 Å². The van der Waals surface area contributed by atoms with Crippen LogP contribution in [0.4, 0.5) is 5.95 Å². The molecule has 0 spiro atoms. The third-order valence-corrected chi connectivity index (χ3v) is 1.97. The Labute approximate surface area is 100 Å². The molecule has 1 unspecified atom stereocenters. The van der Waals surface area contributed by atoms with Gasteiger partial charge in [0, 0.05) is 18.8 Å². The Kier molecular flexibility index (Phi) is 4.68. The van der Waals surface area contributed by atoms with Crippen molar-refractivity contribution in [2.24, 2.45) is 5.92 Å². The molecule has 6 heteroatoms. The van der Waals surface area contributed by atoms with E-state index in [9.17, 15) is 4.79 Å². The summed E-state index contributed by atoms with van der Waals surface area (Å²) >= 11 is 0. The van der Waals surface area contributed by atoms with Gasteiger partial charge in [-0.25, -0.2) is 4.98 Å². The number of aliphatic carboxylic acids is 1. The molecular formula is C11H17N3O3. The molecule has 1 aromatic rings. The van der Waals surface area contributed by atoms with Crippen molar-refractivity contribution in [1.29, 1.82) is 0 Å². The number of carboxylic acids is 1. The van der Waals surface area contributed by atoms with Gasteiger partial charge in [0.05, 0.1) is 12.0 Å². The fraction of sp³-hybridized carbons (Fsp3) is 0.545. The minimum Gasteiger partial charge on any atom is -0.481 e. The maximum absolute atomic E-state index is 10.6. The van der Waals surface area contributed by atoms with Crippen molar-refractivity contribution < 1.29 is 14.6 Å². The molecule has 1 rings (SSSR count). The molecule has 1 atom stereocenters. The van der Waals surface area contributed by atoms with E-state index in [-0.39, 0.29) is 12.6 Å². The van der Waals surface area contributed by atoms with Crippen molar-refractivity contribution in [3.05, 3.63) is 12.3 Å². The Morgan fingerprint density at radius 1 is 1.53 bits per heavy atom. The van der Waals surface area contributed by atoms with Gasteiger partial charge >= 0.3 is 5.97 Å². The maximum atomic E-state index is 10.6. The van der Waals surface area contributed by atoms with Gasteiger partial charge in [0.2, 0.25) is 11.8 Å². The van der Waals surface area contributed by atoms with Gasteiger partial charge in [-0.3, -0.25) is 4.79 Å². The van der Waals surface area contributed by atoms with Crippen LogP contribution in [0, 0.1) is 5.92 Å². The largest absolute Gasteiger partial charge is 0.481 e.